The lowest BCUT2D eigenvalue weighted by Gasteiger charge is -2.27. The molecule has 0 aliphatic carbocycles. The molecular weight excluding hydrogens is 196 g/mol. The molecule has 0 radical (unpaired) electrons. The number of rotatable bonds is 3. The third-order valence-electron chi connectivity index (χ3n) is 2.80. The average Bonchev–Trinajstić information content (AvgIpc) is 2.80. The van der Waals surface area contributed by atoms with E-state index in [-0.39, 0.29) is 18.6 Å². The second kappa shape index (κ2) is 5.44. The summed E-state index contributed by atoms with van der Waals surface area (Å²) in [5, 5.41) is 3.21. The Morgan fingerprint density at radius 2 is 2.27 bits per heavy atom. The SMILES string of the molecule is O=C(COC1CCOC1)N1CCNCC1. The summed E-state index contributed by atoms with van der Waals surface area (Å²) in [4.78, 5) is 13.5. The van der Waals surface area contributed by atoms with Crippen LogP contribution in [-0.4, -0.2) is 62.9 Å². The highest BCUT2D eigenvalue weighted by Gasteiger charge is 2.20. The van der Waals surface area contributed by atoms with Gasteiger partial charge < -0.3 is 19.7 Å². The molecule has 2 saturated heterocycles. The number of amides is 1. The van der Waals surface area contributed by atoms with E-state index < -0.39 is 0 Å². The monoisotopic (exact) mass is 214 g/mol. The van der Waals surface area contributed by atoms with Crippen LogP contribution in [0.2, 0.25) is 0 Å². The maximum absolute atomic E-state index is 11.7. The van der Waals surface area contributed by atoms with Gasteiger partial charge in [0.15, 0.2) is 0 Å². The fourth-order valence-electron chi connectivity index (χ4n) is 1.84. The molecule has 2 rings (SSSR count). The highest BCUT2D eigenvalue weighted by molar-refractivity contribution is 5.77. The maximum Gasteiger partial charge on any atom is 0.248 e. The van der Waals surface area contributed by atoms with Gasteiger partial charge in [0.05, 0.1) is 12.7 Å². The number of ether oxygens (including phenoxy) is 2. The summed E-state index contributed by atoms with van der Waals surface area (Å²) in [6.45, 7) is 4.96. The van der Waals surface area contributed by atoms with Gasteiger partial charge in [0, 0.05) is 32.8 Å². The first kappa shape index (κ1) is 10.9. The molecule has 0 bridgehead atoms. The van der Waals surface area contributed by atoms with Crippen LogP contribution >= 0.6 is 0 Å². The van der Waals surface area contributed by atoms with Crippen LogP contribution in [0.25, 0.3) is 0 Å². The summed E-state index contributed by atoms with van der Waals surface area (Å²) < 4.78 is 10.7. The van der Waals surface area contributed by atoms with E-state index in [1.807, 2.05) is 4.90 Å². The molecule has 0 saturated carbocycles. The minimum atomic E-state index is 0.100. The van der Waals surface area contributed by atoms with Crippen molar-refractivity contribution >= 4 is 5.91 Å². The van der Waals surface area contributed by atoms with E-state index in [0.717, 1.165) is 39.2 Å². The fraction of sp³-hybridized carbons (Fsp3) is 0.900. The molecule has 5 nitrogen and oxygen atoms in total. The first-order valence-electron chi connectivity index (χ1n) is 5.54. The van der Waals surface area contributed by atoms with Crippen molar-refractivity contribution in [3.63, 3.8) is 0 Å². The summed E-state index contributed by atoms with van der Waals surface area (Å²) in [6, 6.07) is 0. The molecule has 15 heavy (non-hydrogen) atoms. The van der Waals surface area contributed by atoms with Crippen LogP contribution in [0.1, 0.15) is 6.42 Å². The Morgan fingerprint density at radius 3 is 2.93 bits per heavy atom. The molecule has 2 aliphatic heterocycles. The Balaban J connectivity index is 1.66. The Bertz CT molecular complexity index is 211. The van der Waals surface area contributed by atoms with Gasteiger partial charge in [-0.05, 0) is 6.42 Å². The number of nitrogens with one attached hydrogen (secondary N) is 1. The fourth-order valence-corrected chi connectivity index (χ4v) is 1.84. The Kier molecular flexibility index (Phi) is 3.94. The smallest absolute Gasteiger partial charge is 0.248 e. The Hall–Kier alpha value is -0.650. The lowest BCUT2D eigenvalue weighted by atomic mass is 10.3. The Labute approximate surface area is 89.7 Å². The summed E-state index contributed by atoms with van der Waals surface area (Å²) in [7, 11) is 0. The quantitative estimate of drug-likeness (QED) is 0.670. The first-order valence-corrected chi connectivity index (χ1v) is 5.54. The third-order valence-corrected chi connectivity index (χ3v) is 2.80. The summed E-state index contributed by atoms with van der Waals surface area (Å²) >= 11 is 0. The van der Waals surface area contributed by atoms with E-state index >= 15 is 0 Å². The molecule has 86 valence electrons. The van der Waals surface area contributed by atoms with Gasteiger partial charge in [0.1, 0.15) is 6.61 Å². The molecule has 0 aromatic rings. The molecule has 1 atom stereocenters. The van der Waals surface area contributed by atoms with Crippen molar-refractivity contribution < 1.29 is 14.3 Å². The van der Waals surface area contributed by atoms with Crippen molar-refractivity contribution in [1.82, 2.24) is 10.2 Å². The number of hydrogen-bond donors (Lipinski definition) is 1. The largest absolute Gasteiger partial charge is 0.379 e. The molecule has 1 N–H and O–H groups in total. The van der Waals surface area contributed by atoms with E-state index in [2.05, 4.69) is 5.32 Å². The summed E-state index contributed by atoms with van der Waals surface area (Å²) in [5.41, 5.74) is 0. The number of carbonyl (C=O) groups is 1. The molecule has 2 fully saturated rings. The molecule has 1 amide bonds. The average molecular weight is 214 g/mol. The van der Waals surface area contributed by atoms with Crippen LogP contribution in [0, 0.1) is 0 Å². The standard InChI is InChI=1S/C10H18N2O3/c13-10(12-4-2-11-3-5-12)8-15-9-1-6-14-7-9/h9,11H,1-8H2. The van der Waals surface area contributed by atoms with Gasteiger partial charge in [0.25, 0.3) is 0 Å². The molecule has 2 aliphatic rings. The van der Waals surface area contributed by atoms with Crippen molar-refractivity contribution in [2.24, 2.45) is 0 Å². The van der Waals surface area contributed by atoms with Gasteiger partial charge in [-0.1, -0.05) is 0 Å². The van der Waals surface area contributed by atoms with E-state index in [9.17, 15) is 4.79 Å². The topological polar surface area (TPSA) is 50.8 Å². The molecule has 0 aromatic heterocycles. The predicted molar refractivity (Wildman–Crippen MR) is 54.6 cm³/mol. The summed E-state index contributed by atoms with van der Waals surface area (Å²) in [6.07, 6.45) is 1.03. The van der Waals surface area contributed by atoms with Crippen LogP contribution in [0.15, 0.2) is 0 Å². The molecule has 2 heterocycles. The van der Waals surface area contributed by atoms with Crippen molar-refractivity contribution in [1.29, 1.82) is 0 Å². The van der Waals surface area contributed by atoms with Crippen molar-refractivity contribution in [3.8, 4) is 0 Å². The van der Waals surface area contributed by atoms with Gasteiger partial charge in [-0.15, -0.1) is 0 Å². The minimum Gasteiger partial charge on any atom is -0.379 e. The first-order chi connectivity index (χ1) is 7.36. The van der Waals surface area contributed by atoms with E-state index in [1.54, 1.807) is 0 Å². The van der Waals surface area contributed by atoms with Gasteiger partial charge in [0.2, 0.25) is 5.91 Å². The van der Waals surface area contributed by atoms with Crippen LogP contribution in [0.5, 0.6) is 0 Å². The van der Waals surface area contributed by atoms with Crippen LogP contribution in [0.3, 0.4) is 0 Å². The van der Waals surface area contributed by atoms with Gasteiger partial charge in [-0.25, -0.2) is 0 Å². The maximum atomic E-state index is 11.7. The molecule has 5 heteroatoms. The van der Waals surface area contributed by atoms with Crippen molar-refractivity contribution in [2.75, 3.05) is 46.0 Å². The number of hydrogen-bond acceptors (Lipinski definition) is 4. The van der Waals surface area contributed by atoms with Crippen LogP contribution < -0.4 is 5.32 Å². The predicted octanol–water partition coefficient (Wildman–Crippen LogP) is -0.776. The van der Waals surface area contributed by atoms with Gasteiger partial charge in [-0.2, -0.15) is 0 Å². The normalized spacial score (nSPS) is 26.9. The molecular formula is C10H18N2O3. The van der Waals surface area contributed by atoms with E-state index in [1.165, 1.54) is 0 Å². The highest BCUT2D eigenvalue weighted by atomic mass is 16.5. The van der Waals surface area contributed by atoms with Crippen molar-refractivity contribution in [2.45, 2.75) is 12.5 Å². The van der Waals surface area contributed by atoms with E-state index in [4.69, 9.17) is 9.47 Å². The zero-order chi connectivity index (χ0) is 10.5. The van der Waals surface area contributed by atoms with Gasteiger partial charge >= 0.3 is 0 Å². The van der Waals surface area contributed by atoms with Gasteiger partial charge in [-0.3, -0.25) is 4.79 Å². The number of nitrogens with zero attached hydrogens (tertiary/aromatic N) is 1. The molecule has 1 unspecified atom stereocenters. The summed E-state index contributed by atoms with van der Waals surface area (Å²) in [5.74, 6) is 0.100. The lowest BCUT2D eigenvalue weighted by Crippen LogP contribution is -2.47. The molecule has 0 aromatic carbocycles. The van der Waals surface area contributed by atoms with Crippen LogP contribution in [0.4, 0.5) is 0 Å². The minimum absolute atomic E-state index is 0.100. The zero-order valence-electron chi connectivity index (χ0n) is 8.91. The van der Waals surface area contributed by atoms with Crippen molar-refractivity contribution in [3.05, 3.63) is 0 Å². The second-order valence-corrected chi connectivity index (χ2v) is 3.93. The highest BCUT2D eigenvalue weighted by Crippen LogP contribution is 2.08. The number of piperazine rings is 1. The second-order valence-electron chi connectivity index (χ2n) is 3.93. The molecule has 0 spiro atoms. The lowest BCUT2D eigenvalue weighted by molar-refractivity contribution is -0.138. The Morgan fingerprint density at radius 1 is 1.47 bits per heavy atom. The van der Waals surface area contributed by atoms with Crippen LogP contribution in [-0.2, 0) is 14.3 Å². The number of carbonyl (C=O) groups excluding carboxylic acids is 1. The zero-order valence-corrected chi connectivity index (χ0v) is 8.91. The van der Waals surface area contributed by atoms with E-state index in [0.29, 0.717) is 6.61 Å². The third kappa shape index (κ3) is 3.15.